The van der Waals surface area contributed by atoms with Gasteiger partial charge in [-0.25, -0.2) is 9.97 Å². The van der Waals surface area contributed by atoms with Gasteiger partial charge in [0.1, 0.15) is 11.5 Å². The van der Waals surface area contributed by atoms with E-state index in [2.05, 4.69) is 15.3 Å². The largest absolute Gasteiger partial charge is 0.492 e. The lowest BCUT2D eigenvalue weighted by Crippen LogP contribution is -2.12. The fraction of sp³-hybridized carbons (Fsp3) is 0.227. The van der Waals surface area contributed by atoms with Gasteiger partial charge in [0.25, 0.3) is 0 Å². The smallest absolute Gasteiger partial charge is 0.322 e. The van der Waals surface area contributed by atoms with Crippen LogP contribution in [0.15, 0.2) is 54.6 Å². The van der Waals surface area contributed by atoms with Crippen molar-refractivity contribution in [3.8, 4) is 17.5 Å². The van der Waals surface area contributed by atoms with Crippen LogP contribution in [0.5, 0.6) is 17.5 Å². The number of benzene rings is 2. The Kier molecular flexibility index (Phi) is 7.03. The lowest BCUT2D eigenvalue weighted by Gasteiger charge is -2.10. The molecule has 3 aromatic rings. The number of para-hydroxylation sites is 1. The second kappa shape index (κ2) is 9.89. The van der Waals surface area contributed by atoms with E-state index >= 15 is 0 Å². The molecular formula is C22H22ClN3O3. The van der Waals surface area contributed by atoms with Crippen LogP contribution in [-0.2, 0) is 4.79 Å². The molecule has 0 saturated carbocycles. The highest BCUT2D eigenvalue weighted by Gasteiger charge is 2.07. The minimum Gasteiger partial charge on any atom is -0.492 e. The molecule has 0 atom stereocenters. The molecule has 0 unspecified atom stereocenters. The summed E-state index contributed by atoms with van der Waals surface area (Å²) >= 11 is 6.04. The van der Waals surface area contributed by atoms with Gasteiger partial charge in [-0.15, -0.1) is 0 Å². The van der Waals surface area contributed by atoms with E-state index in [9.17, 15) is 4.79 Å². The topological polar surface area (TPSA) is 73.3 Å². The average molecular weight is 412 g/mol. The van der Waals surface area contributed by atoms with Gasteiger partial charge in [-0.2, -0.15) is 0 Å². The number of amides is 1. The molecule has 1 heterocycles. The van der Waals surface area contributed by atoms with Crippen LogP contribution in [0.4, 0.5) is 5.69 Å². The number of nitrogens with one attached hydrogen (secondary N) is 1. The molecule has 0 spiro atoms. The molecule has 0 saturated heterocycles. The summed E-state index contributed by atoms with van der Waals surface area (Å²) in [6, 6.07) is 16.5. The predicted molar refractivity (Wildman–Crippen MR) is 113 cm³/mol. The van der Waals surface area contributed by atoms with Gasteiger partial charge >= 0.3 is 6.01 Å². The highest BCUT2D eigenvalue weighted by atomic mass is 35.5. The van der Waals surface area contributed by atoms with E-state index in [1.807, 2.05) is 32.0 Å². The Bertz CT molecular complexity index is 974. The molecule has 7 heteroatoms. The quantitative estimate of drug-likeness (QED) is 0.506. The van der Waals surface area contributed by atoms with Crippen molar-refractivity contribution in [3.05, 3.63) is 71.0 Å². The Morgan fingerprint density at radius 3 is 2.55 bits per heavy atom. The minimum atomic E-state index is -0.104. The van der Waals surface area contributed by atoms with Crippen molar-refractivity contribution in [3.63, 3.8) is 0 Å². The van der Waals surface area contributed by atoms with Crippen LogP contribution in [0.1, 0.15) is 24.2 Å². The van der Waals surface area contributed by atoms with Crippen molar-refractivity contribution in [2.75, 3.05) is 11.9 Å². The van der Waals surface area contributed by atoms with Gasteiger partial charge in [0, 0.05) is 29.6 Å². The first-order chi connectivity index (χ1) is 14.0. The monoisotopic (exact) mass is 411 g/mol. The summed E-state index contributed by atoms with van der Waals surface area (Å²) < 4.78 is 11.3. The summed E-state index contributed by atoms with van der Waals surface area (Å²) in [5, 5.41) is 3.42. The zero-order chi connectivity index (χ0) is 20.6. The number of hydrogen-bond donors (Lipinski definition) is 1. The van der Waals surface area contributed by atoms with Gasteiger partial charge in [-0.1, -0.05) is 29.8 Å². The SMILES string of the molecule is Cc1cc(C)nc(Oc2cccc(NC(=O)CCCOc3ccccc3Cl)c2)n1. The predicted octanol–water partition coefficient (Wildman–Crippen LogP) is 5.34. The van der Waals surface area contributed by atoms with E-state index < -0.39 is 0 Å². The Hall–Kier alpha value is -3.12. The van der Waals surface area contributed by atoms with Crippen LogP contribution in [0.3, 0.4) is 0 Å². The Balaban J connectivity index is 1.49. The fourth-order valence-electron chi connectivity index (χ4n) is 2.68. The zero-order valence-electron chi connectivity index (χ0n) is 16.3. The number of nitrogens with zero attached hydrogens (tertiary/aromatic N) is 2. The van der Waals surface area contributed by atoms with E-state index in [1.54, 1.807) is 36.4 Å². The molecule has 1 aromatic heterocycles. The van der Waals surface area contributed by atoms with Crippen LogP contribution in [0.2, 0.25) is 5.02 Å². The van der Waals surface area contributed by atoms with Crippen LogP contribution in [0, 0.1) is 13.8 Å². The van der Waals surface area contributed by atoms with E-state index in [1.165, 1.54) is 0 Å². The van der Waals surface area contributed by atoms with Gasteiger partial charge in [0.2, 0.25) is 5.91 Å². The lowest BCUT2D eigenvalue weighted by molar-refractivity contribution is -0.116. The molecule has 2 aromatic carbocycles. The first kappa shape index (κ1) is 20.6. The lowest BCUT2D eigenvalue weighted by atomic mass is 10.2. The zero-order valence-corrected chi connectivity index (χ0v) is 17.1. The molecule has 0 aliphatic heterocycles. The van der Waals surface area contributed by atoms with Crippen molar-refractivity contribution in [2.24, 2.45) is 0 Å². The average Bonchev–Trinajstić information content (AvgIpc) is 2.66. The molecule has 29 heavy (non-hydrogen) atoms. The van der Waals surface area contributed by atoms with Crippen molar-refractivity contribution in [1.82, 2.24) is 9.97 Å². The van der Waals surface area contributed by atoms with Gasteiger partial charge in [0.05, 0.1) is 11.6 Å². The number of aromatic nitrogens is 2. The molecule has 0 aliphatic carbocycles. The molecule has 0 aliphatic rings. The minimum absolute atomic E-state index is 0.104. The highest BCUT2D eigenvalue weighted by Crippen LogP contribution is 2.24. The second-order valence-corrected chi connectivity index (χ2v) is 6.90. The third kappa shape index (κ3) is 6.47. The molecule has 1 amide bonds. The number of carbonyl (C=O) groups excluding carboxylic acids is 1. The number of rotatable bonds is 8. The van der Waals surface area contributed by atoms with Crippen LogP contribution in [-0.4, -0.2) is 22.5 Å². The standard InChI is InChI=1S/C22H22ClN3O3/c1-15-13-16(2)25-22(24-15)29-18-8-5-7-17(14-18)26-21(27)11-6-12-28-20-10-4-3-9-19(20)23/h3-5,7-10,13-14H,6,11-12H2,1-2H3,(H,26,27). The molecule has 6 nitrogen and oxygen atoms in total. The summed E-state index contributed by atoms with van der Waals surface area (Å²) in [6.07, 6.45) is 0.902. The summed E-state index contributed by atoms with van der Waals surface area (Å²) in [7, 11) is 0. The number of aryl methyl sites for hydroxylation is 2. The van der Waals surface area contributed by atoms with Gasteiger partial charge in [-0.3, -0.25) is 4.79 Å². The van der Waals surface area contributed by atoms with Gasteiger partial charge < -0.3 is 14.8 Å². The Morgan fingerprint density at radius 1 is 1.03 bits per heavy atom. The fourth-order valence-corrected chi connectivity index (χ4v) is 2.87. The molecular weight excluding hydrogens is 390 g/mol. The summed E-state index contributed by atoms with van der Waals surface area (Å²) in [6.45, 7) is 4.17. The molecule has 1 N–H and O–H groups in total. The maximum atomic E-state index is 12.2. The Morgan fingerprint density at radius 2 is 1.79 bits per heavy atom. The van der Waals surface area contributed by atoms with Gasteiger partial charge in [-0.05, 0) is 50.6 Å². The highest BCUT2D eigenvalue weighted by molar-refractivity contribution is 6.32. The van der Waals surface area contributed by atoms with E-state index in [4.69, 9.17) is 21.1 Å². The van der Waals surface area contributed by atoms with E-state index in [0.717, 1.165) is 11.4 Å². The molecule has 0 fully saturated rings. The first-order valence-electron chi connectivity index (χ1n) is 9.27. The first-order valence-corrected chi connectivity index (χ1v) is 9.65. The van der Waals surface area contributed by atoms with Crippen LogP contribution < -0.4 is 14.8 Å². The van der Waals surface area contributed by atoms with Crippen molar-refractivity contribution in [1.29, 1.82) is 0 Å². The van der Waals surface area contributed by atoms with Crippen LogP contribution >= 0.6 is 11.6 Å². The van der Waals surface area contributed by atoms with E-state index in [0.29, 0.717) is 41.7 Å². The number of halogens is 1. The molecule has 0 radical (unpaired) electrons. The van der Waals surface area contributed by atoms with E-state index in [-0.39, 0.29) is 11.9 Å². The number of anilines is 1. The summed E-state index contributed by atoms with van der Waals surface area (Å²) in [5.41, 5.74) is 2.30. The molecule has 3 rings (SSSR count). The number of carbonyl (C=O) groups is 1. The Labute approximate surface area is 174 Å². The van der Waals surface area contributed by atoms with Crippen molar-refractivity contribution < 1.29 is 14.3 Å². The molecule has 0 bridgehead atoms. The maximum Gasteiger partial charge on any atom is 0.322 e. The number of ether oxygens (including phenoxy) is 2. The van der Waals surface area contributed by atoms with Gasteiger partial charge in [0.15, 0.2) is 0 Å². The summed E-state index contributed by atoms with van der Waals surface area (Å²) in [5.74, 6) is 1.07. The van der Waals surface area contributed by atoms with Crippen molar-refractivity contribution in [2.45, 2.75) is 26.7 Å². The van der Waals surface area contributed by atoms with Crippen molar-refractivity contribution >= 4 is 23.2 Å². The maximum absolute atomic E-state index is 12.2. The molecule has 150 valence electrons. The third-order valence-corrected chi connectivity index (χ3v) is 4.24. The third-order valence-electron chi connectivity index (χ3n) is 3.93. The van der Waals surface area contributed by atoms with Crippen LogP contribution in [0.25, 0.3) is 0 Å². The normalized spacial score (nSPS) is 10.4. The summed E-state index contributed by atoms with van der Waals surface area (Å²) in [4.78, 5) is 20.7. The second-order valence-electron chi connectivity index (χ2n) is 6.49. The number of hydrogen-bond acceptors (Lipinski definition) is 5.